The number of aromatic nitrogens is 2. The highest BCUT2D eigenvalue weighted by Crippen LogP contribution is 2.35. The minimum absolute atomic E-state index is 0.292. The van der Waals surface area contributed by atoms with Gasteiger partial charge in [-0.25, -0.2) is 4.68 Å². The molecule has 1 aliphatic rings. The van der Waals surface area contributed by atoms with Gasteiger partial charge in [0.1, 0.15) is 0 Å². The first-order valence-corrected chi connectivity index (χ1v) is 6.16. The summed E-state index contributed by atoms with van der Waals surface area (Å²) < 4.78 is 12.6. The molecule has 0 aliphatic carbocycles. The lowest BCUT2D eigenvalue weighted by Crippen LogP contribution is -1.94. The number of hydrogen-bond donors (Lipinski definition) is 0. The number of nitrogens with zero attached hydrogens (tertiary/aromatic N) is 2. The van der Waals surface area contributed by atoms with Crippen LogP contribution in [-0.2, 0) is 0 Å². The van der Waals surface area contributed by atoms with E-state index in [-0.39, 0.29) is 0 Å². The van der Waals surface area contributed by atoms with Crippen molar-refractivity contribution in [2.24, 2.45) is 0 Å². The molecule has 0 bridgehead atoms. The number of ether oxygens (including phenoxy) is 2. The number of hydrogen-bond acceptors (Lipinski definition) is 3. The largest absolute Gasteiger partial charge is 0.454 e. The lowest BCUT2D eigenvalue weighted by atomic mass is 10.2. The average molecular weight is 252 g/mol. The zero-order valence-corrected chi connectivity index (χ0v) is 10.5. The van der Waals surface area contributed by atoms with E-state index in [0.29, 0.717) is 6.79 Å². The van der Waals surface area contributed by atoms with Gasteiger partial charge < -0.3 is 9.47 Å². The normalized spacial score (nSPS) is 13.1. The Morgan fingerprint density at radius 3 is 2.58 bits per heavy atom. The Balaban J connectivity index is 1.86. The SMILES string of the molecule is Cc1ccc(-n2cc3cc4c(cc3n2)OCO4)cc1. The molecular weight excluding hydrogens is 240 g/mol. The standard InChI is InChI=1S/C15H12N2O2/c1-10-2-4-12(5-3-10)17-8-11-6-14-15(19-9-18-14)7-13(11)16-17/h2-8H,9H2,1H3. The van der Waals surface area contributed by atoms with Gasteiger partial charge in [-0.15, -0.1) is 0 Å². The molecule has 2 heterocycles. The first kappa shape index (κ1) is 10.4. The van der Waals surface area contributed by atoms with Crippen molar-refractivity contribution in [1.82, 2.24) is 9.78 Å². The summed E-state index contributed by atoms with van der Waals surface area (Å²) >= 11 is 0. The van der Waals surface area contributed by atoms with Gasteiger partial charge in [-0.1, -0.05) is 17.7 Å². The maximum Gasteiger partial charge on any atom is 0.231 e. The Bertz CT molecular complexity index is 719. The van der Waals surface area contributed by atoms with Gasteiger partial charge in [-0.2, -0.15) is 5.10 Å². The Morgan fingerprint density at radius 2 is 1.79 bits per heavy atom. The minimum atomic E-state index is 0.292. The zero-order valence-electron chi connectivity index (χ0n) is 10.5. The van der Waals surface area contributed by atoms with Crippen molar-refractivity contribution >= 4 is 10.9 Å². The quantitative estimate of drug-likeness (QED) is 0.667. The summed E-state index contributed by atoms with van der Waals surface area (Å²) in [6.45, 7) is 2.36. The molecule has 4 nitrogen and oxygen atoms in total. The highest BCUT2D eigenvalue weighted by molar-refractivity contribution is 5.83. The summed E-state index contributed by atoms with van der Waals surface area (Å²) in [6.07, 6.45) is 2.00. The molecule has 19 heavy (non-hydrogen) atoms. The predicted octanol–water partition coefficient (Wildman–Crippen LogP) is 3.06. The fourth-order valence-electron chi connectivity index (χ4n) is 2.24. The fourth-order valence-corrected chi connectivity index (χ4v) is 2.24. The third kappa shape index (κ3) is 1.64. The molecule has 94 valence electrons. The number of fused-ring (bicyclic) bond motifs is 2. The van der Waals surface area contributed by atoms with Crippen molar-refractivity contribution in [3.05, 3.63) is 48.2 Å². The van der Waals surface area contributed by atoms with Crippen LogP contribution in [0.15, 0.2) is 42.6 Å². The maximum absolute atomic E-state index is 5.38. The third-order valence-corrected chi connectivity index (χ3v) is 3.30. The second-order valence-corrected chi connectivity index (χ2v) is 4.67. The van der Waals surface area contributed by atoms with Gasteiger partial charge >= 0.3 is 0 Å². The predicted molar refractivity (Wildman–Crippen MR) is 71.9 cm³/mol. The summed E-state index contributed by atoms with van der Waals surface area (Å²) in [5.41, 5.74) is 3.19. The van der Waals surface area contributed by atoms with Gasteiger partial charge in [-0.05, 0) is 25.1 Å². The van der Waals surface area contributed by atoms with Gasteiger partial charge in [0, 0.05) is 17.6 Å². The van der Waals surface area contributed by atoms with Gasteiger partial charge in [0.15, 0.2) is 11.5 Å². The highest BCUT2D eigenvalue weighted by atomic mass is 16.7. The van der Waals surface area contributed by atoms with Crippen LogP contribution in [0.3, 0.4) is 0 Å². The van der Waals surface area contributed by atoms with E-state index in [9.17, 15) is 0 Å². The van der Waals surface area contributed by atoms with E-state index in [1.807, 2.05) is 23.0 Å². The van der Waals surface area contributed by atoms with E-state index >= 15 is 0 Å². The van der Waals surface area contributed by atoms with Crippen LogP contribution in [0.25, 0.3) is 16.6 Å². The van der Waals surface area contributed by atoms with Crippen LogP contribution in [0.4, 0.5) is 0 Å². The monoisotopic (exact) mass is 252 g/mol. The van der Waals surface area contributed by atoms with Crippen LogP contribution in [0.1, 0.15) is 5.56 Å². The van der Waals surface area contributed by atoms with E-state index < -0.39 is 0 Å². The molecule has 4 rings (SSSR count). The molecule has 0 N–H and O–H groups in total. The lowest BCUT2D eigenvalue weighted by Gasteiger charge is -2.00. The summed E-state index contributed by atoms with van der Waals surface area (Å²) in [5.74, 6) is 1.55. The molecule has 0 spiro atoms. The van der Waals surface area contributed by atoms with E-state index in [1.54, 1.807) is 0 Å². The number of rotatable bonds is 1. The molecule has 1 aromatic heterocycles. The Morgan fingerprint density at radius 1 is 1.05 bits per heavy atom. The zero-order chi connectivity index (χ0) is 12.8. The second-order valence-electron chi connectivity index (χ2n) is 4.67. The van der Waals surface area contributed by atoms with Crippen LogP contribution in [-0.4, -0.2) is 16.6 Å². The molecule has 2 aromatic carbocycles. The van der Waals surface area contributed by atoms with E-state index in [2.05, 4.69) is 36.3 Å². The van der Waals surface area contributed by atoms with Crippen molar-refractivity contribution in [3.63, 3.8) is 0 Å². The van der Waals surface area contributed by atoms with Crippen LogP contribution >= 0.6 is 0 Å². The smallest absolute Gasteiger partial charge is 0.231 e. The minimum Gasteiger partial charge on any atom is -0.454 e. The van der Waals surface area contributed by atoms with Crippen LogP contribution in [0, 0.1) is 6.92 Å². The van der Waals surface area contributed by atoms with Gasteiger partial charge in [-0.3, -0.25) is 0 Å². The molecule has 1 aliphatic heterocycles. The molecule has 0 amide bonds. The number of benzene rings is 2. The van der Waals surface area contributed by atoms with Crippen molar-refractivity contribution in [3.8, 4) is 17.2 Å². The Kier molecular flexibility index (Phi) is 2.06. The average Bonchev–Trinajstić information content (AvgIpc) is 3.01. The first-order chi connectivity index (χ1) is 9.29. The van der Waals surface area contributed by atoms with E-state index in [1.165, 1.54) is 5.56 Å². The summed E-state index contributed by atoms with van der Waals surface area (Å²) in [7, 11) is 0. The maximum atomic E-state index is 5.38. The molecule has 0 unspecified atom stereocenters. The van der Waals surface area contributed by atoms with E-state index in [0.717, 1.165) is 28.1 Å². The molecule has 0 radical (unpaired) electrons. The Labute approximate surface area is 110 Å². The first-order valence-electron chi connectivity index (χ1n) is 6.16. The summed E-state index contributed by atoms with van der Waals surface area (Å²) in [6, 6.07) is 12.2. The van der Waals surface area contributed by atoms with Gasteiger partial charge in [0.05, 0.1) is 11.2 Å². The van der Waals surface area contributed by atoms with Crippen LogP contribution in [0.5, 0.6) is 11.5 Å². The lowest BCUT2D eigenvalue weighted by molar-refractivity contribution is 0.174. The molecule has 0 atom stereocenters. The molecule has 3 aromatic rings. The Hall–Kier alpha value is -2.49. The molecule has 0 saturated carbocycles. The van der Waals surface area contributed by atoms with Crippen molar-refractivity contribution in [2.75, 3.05) is 6.79 Å². The van der Waals surface area contributed by atoms with Crippen molar-refractivity contribution in [2.45, 2.75) is 6.92 Å². The molecule has 4 heteroatoms. The molecule has 0 fully saturated rings. The molecule has 0 saturated heterocycles. The van der Waals surface area contributed by atoms with Crippen molar-refractivity contribution < 1.29 is 9.47 Å². The van der Waals surface area contributed by atoms with Gasteiger partial charge in [0.25, 0.3) is 0 Å². The third-order valence-electron chi connectivity index (χ3n) is 3.30. The molecular formula is C15H12N2O2. The number of aryl methyl sites for hydroxylation is 1. The van der Waals surface area contributed by atoms with Crippen molar-refractivity contribution in [1.29, 1.82) is 0 Å². The topological polar surface area (TPSA) is 36.3 Å². The second kappa shape index (κ2) is 3.75. The van der Waals surface area contributed by atoms with E-state index in [4.69, 9.17) is 9.47 Å². The van der Waals surface area contributed by atoms with Crippen LogP contribution in [0.2, 0.25) is 0 Å². The fraction of sp³-hybridized carbons (Fsp3) is 0.133. The summed E-state index contributed by atoms with van der Waals surface area (Å²) in [4.78, 5) is 0. The summed E-state index contributed by atoms with van der Waals surface area (Å²) in [5, 5.41) is 5.62. The highest BCUT2D eigenvalue weighted by Gasteiger charge is 2.15. The van der Waals surface area contributed by atoms with Gasteiger partial charge in [0.2, 0.25) is 6.79 Å². The van der Waals surface area contributed by atoms with Crippen LogP contribution < -0.4 is 9.47 Å².